The summed E-state index contributed by atoms with van der Waals surface area (Å²) in [6.07, 6.45) is 14.4. The second kappa shape index (κ2) is 6.31. The maximum absolute atomic E-state index is 4.10. The lowest BCUT2D eigenvalue weighted by Crippen LogP contribution is -2.47. The van der Waals surface area contributed by atoms with Gasteiger partial charge in [0.2, 0.25) is 0 Å². The molecule has 4 heteroatoms. The summed E-state index contributed by atoms with van der Waals surface area (Å²) in [6.45, 7) is 4.98. The fourth-order valence-corrected chi connectivity index (χ4v) is 5.14. The number of hydrogen-bond acceptors (Lipinski definition) is 3. The number of aryl methyl sites for hydroxylation is 1. The molecular formula is C15H25N3S. The highest BCUT2D eigenvalue weighted by atomic mass is 32.2. The first-order valence-electron chi connectivity index (χ1n) is 7.68. The van der Waals surface area contributed by atoms with Gasteiger partial charge in [0, 0.05) is 42.5 Å². The number of rotatable bonds is 4. The molecule has 19 heavy (non-hydrogen) atoms. The minimum Gasteiger partial charge on any atom is -0.337 e. The van der Waals surface area contributed by atoms with Crippen LogP contribution >= 0.6 is 11.8 Å². The summed E-state index contributed by atoms with van der Waals surface area (Å²) in [6, 6.07) is 0. The van der Waals surface area contributed by atoms with Crippen molar-refractivity contribution in [1.29, 1.82) is 0 Å². The van der Waals surface area contributed by atoms with Gasteiger partial charge in [0.05, 0.1) is 6.33 Å². The van der Waals surface area contributed by atoms with Gasteiger partial charge < -0.3 is 9.47 Å². The van der Waals surface area contributed by atoms with E-state index < -0.39 is 0 Å². The Kier molecular flexibility index (Phi) is 4.49. The lowest BCUT2D eigenvalue weighted by atomic mass is 9.87. The van der Waals surface area contributed by atoms with E-state index in [2.05, 4.69) is 32.4 Å². The summed E-state index contributed by atoms with van der Waals surface area (Å²) in [7, 11) is 0. The predicted octanol–water partition coefficient (Wildman–Crippen LogP) is 3.02. The highest BCUT2D eigenvalue weighted by molar-refractivity contribution is 8.00. The average Bonchev–Trinajstić information content (AvgIpc) is 2.93. The van der Waals surface area contributed by atoms with Crippen molar-refractivity contribution in [1.82, 2.24) is 14.5 Å². The first kappa shape index (κ1) is 13.5. The first-order valence-corrected chi connectivity index (χ1v) is 8.67. The molecule has 1 saturated carbocycles. The summed E-state index contributed by atoms with van der Waals surface area (Å²) in [4.78, 5) is 6.81. The van der Waals surface area contributed by atoms with Crippen molar-refractivity contribution in [3.05, 3.63) is 18.7 Å². The number of aromatic nitrogens is 2. The van der Waals surface area contributed by atoms with Crippen molar-refractivity contribution in [2.75, 3.05) is 25.4 Å². The molecule has 1 aromatic heterocycles. The molecule has 2 aliphatic rings. The Morgan fingerprint density at radius 3 is 2.84 bits per heavy atom. The van der Waals surface area contributed by atoms with E-state index >= 15 is 0 Å². The van der Waals surface area contributed by atoms with Gasteiger partial charge in [-0.3, -0.25) is 0 Å². The molecule has 0 aromatic carbocycles. The van der Waals surface area contributed by atoms with Crippen LogP contribution in [0.1, 0.15) is 38.5 Å². The maximum atomic E-state index is 4.10. The summed E-state index contributed by atoms with van der Waals surface area (Å²) in [5.74, 6) is 1.34. The van der Waals surface area contributed by atoms with Crippen LogP contribution in [0.5, 0.6) is 0 Å². The van der Waals surface area contributed by atoms with Crippen LogP contribution in [0.2, 0.25) is 0 Å². The van der Waals surface area contributed by atoms with Gasteiger partial charge in [-0.05, 0) is 25.8 Å². The lowest BCUT2D eigenvalue weighted by molar-refractivity contribution is 0.214. The van der Waals surface area contributed by atoms with Crippen LogP contribution in [0.15, 0.2) is 18.7 Å². The number of imidazole rings is 1. The van der Waals surface area contributed by atoms with Crippen molar-refractivity contribution >= 4 is 11.8 Å². The largest absolute Gasteiger partial charge is 0.337 e. The maximum Gasteiger partial charge on any atom is 0.0945 e. The Morgan fingerprint density at radius 2 is 2.05 bits per heavy atom. The molecule has 2 fully saturated rings. The van der Waals surface area contributed by atoms with Crippen molar-refractivity contribution < 1.29 is 0 Å². The molecular weight excluding hydrogens is 254 g/mol. The van der Waals surface area contributed by atoms with Crippen LogP contribution in [-0.4, -0.2) is 44.6 Å². The van der Waals surface area contributed by atoms with Gasteiger partial charge in [-0.15, -0.1) is 0 Å². The summed E-state index contributed by atoms with van der Waals surface area (Å²) in [5, 5.41) is 0. The Bertz CT molecular complexity index is 365. The standard InChI is InChI=1S/C15H25N3S/c1-2-5-15(6-3-1)13-17(11-12-19-15)8-4-9-18-10-7-16-14-18/h7,10,14H,1-6,8-9,11-13H2. The second-order valence-corrected chi connectivity index (χ2v) is 7.59. The van der Waals surface area contributed by atoms with Crippen LogP contribution in [-0.2, 0) is 6.54 Å². The Labute approximate surface area is 120 Å². The zero-order valence-electron chi connectivity index (χ0n) is 11.8. The third kappa shape index (κ3) is 3.54. The Balaban J connectivity index is 1.45. The molecule has 2 heterocycles. The summed E-state index contributed by atoms with van der Waals surface area (Å²) in [5.41, 5.74) is 0. The second-order valence-electron chi connectivity index (χ2n) is 6.02. The van der Waals surface area contributed by atoms with Crippen molar-refractivity contribution in [3.8, 4) is 0 Å². The monoisotopic (exact) mass is 279 g/mol. The molecule has 106 valence electrons. The highest BCUT2D eigenvalue weighted by Crippen LogP contribution is 2.42. The predicted molar refractivity (Wildman–Crippen MR) is 81.6 cm³/mol. The van der Waals surface area contributed by atoms with Gasteiger partial charge in [-0.2, -0.15) is 11.8 Å². The van der Waals surface area contributed by atoms with Crippen molar-refractivity contribution in [3.63, 3.8) is 0 Å². The van der Waals surface area contributed by atoms with E-state index in [0.717, 1.165) is 6.54 Å². The van der Waals surface area contributed by atoms with Gasteiger partial charge in [0.25, 0.3) is 0 Å². The molecule has 1 spiro atoms. The third-order valence-corrected chi connectivity index (χ3v) is 6.08. The molecule has 0 bridgehead atoms. The average molecular weight is 279 g/mol. The van der Waals surface area contributed by atoms with Crippen LogP contribution in [0.4, 0.5) is 0 Å². The Morgan fingerprint density at radius 1 is 1.16 bits per heavy atom. The minimum absolute atomic E-state index is 0.617. The van der Waals surface area contributed by atoms with Crippen LogP contribution in [0.25, 0.3) is 0 Å². The number of hydrogen-bond donors (Lipinski definition) is 0. The fraction of sp³-hybridized carbons (Fsp3) is 0.800. The molecule has 1 aromatic rings. The topological polar surface area (TPSA) is 21.1 Å². The van der Waals surface area contributed by atoms with E-state index in [1.807, 2.05) is 12.5 Å². The van der Waals surface area contributed by atoms with Gasteiger partial charge in [0.1, 0.15) is 0 Å². The van der Waals surface area contributed by atoms with Crippen molar-refractivity contribution in [2.45, 2.75) is 49.8 Å². The van der Waals surface area contributed by atoms with Gasteiger partial charge >= 0.3 is 0 Å². The lowest BCUT2D eigenvalue weighted by Gasteiger charge is -2.44. The van der Waals surface area contributed by atoms with Gasteiger partial charge in [0.15, 0.2) is 0 Å². The molecule has 0 radical (unpaired) electrons. The molecule has 0 N–H and O–H groups in total. The van der Waals surface area contributed by atoms with Crippen LogP contribution in [0.3, 0.4) is 0 Å². The molecule has 0 atom stereocenters. The van der Waals surface area contributed by atoms with E-state index in [0.29, 0.717) is 4.75 Å². The van der Waals surface area contributed by atoms with Gasteiger partial charge in [-0.25, -0.2) is 4.98 Å². The zero-order valence-corrected chi connectivity index (χ0v) is 12.6. The first-order chi connectivity index (χ1) is 9.36. The van der Waals surface area contributed by atoms with E-state index in [9.17, 15) is 0 Å². The highest BCUT2D eigenvalue weighted by Gasteiger charge is 2.36. The molecule has 0 amide bonds. The minimum atomic E-state index is 0.617. The van der Waals surface area contributed by atoms with E-state index in [4.69, 9.17) is 0 Å². The summed E-state index contributed by atoms with van der Waals surface area (Å²) < 4.78 is 2.81. The molecule has 3 nitrogen and oxygen atoms in total. The molecule has 1 aliphatic heterocycles. The normalized spacial score (nSPS) is 23.8. The number of thioether (sulfide) groups is 1. The molecule has 1 aliphatic carbocycles. The smallest absolute Gasteiger partial charge is 0.0945 e. The van der Waals surface area contributed by atoms with Gasteiger partial charge in [-0.1, -0.05) is 19.3 Å². The fourth-order valence-electron chi connectivity index (χ4n) is 3.51. The van der Waals surface area contributed by atoms with E-state index in [1.54, 1.807) is 0 Å². The zero-order chi connectivity index (χ0) is 13.0. The molecule has 0 unspecified atom stereocenters. The van der Waals surface area contributed by atoms with E-state index in [1.165, 1.54) is 63.9 Å². The van der Waals surface area contributed by atoms with Crippen LogP contribution in [0, 0.1) is 0 Å². The quantitative estimate of drug-likeness (QED) is 0.845. The van der Waals surface area contributed by atoms with Crippen molar-refractivity contribution in [2.24, 2.45) is 0 Å². The SMILES string of the molecule is c1cn(CCCN2CCSC3(CCCCC3)C2)cn1. The molecule has 1 saturated heterocycles. The third-order valence-electron chi connectivity index (χ3n) is 4.54. The Hall–Kier alpha value is -0.480. The van der Waals surface area contributed by atoms with E-state index in [-0.39, 0.29) is 0 Å². The summed E-state index contributed by atoms with van der Waals surface area (Å²) >= 11 is 2.26. The number of nitrogens with zero attached hydrogens (tertiary/aromatic N) is 3. The molecule has 3 rings (SSSR count). The van der Waals surface area contributed by atoms with Crippen LogP contribution < -0.4 is 0 Å².